The molecular formula is C8H15NO2. The Hall–Kier alpha value is -0.120. The summed E-state index contributed by atoms with van der Waals surface area (Å²) in [7, 11) is 0. The number of rotatable bonds is 1. The van der Waals surface area contributed by atoms with Gasteiger partial charge in [0, 0.05) is 18.5 Å². The molecule has 1 saturated carbocycles. The fourth-order valence-corrected chi connectivity index (χ4v) is 1.52. The topological polar surface area (TPSA) is 41.5 Å². The Kier molecular flexibility index (Phi) is 1.87. The van der Waals surface area contributed by atoms with E-state index in [0.717, 1.165) is 19.7 Å². The molecule has 11 heavy (non-hydrogen) atoms. The molecule has 1 saturated heterocycles. The highest BCUT2D eigenvalue weighted by atomic mass is 16.5. The quantitative estimate of drug-likeness (QED) is 0.551. The van der Waals surface area contributed by atoms with E-state index < -0.39 is 0 Å². The number of aliphatic hydroxyl groups is 1. The van der Waals surface area contributed by atoms with Crippen LogP contribution in [0.3, 0.4) is 0 Å². The van der Waals surface area contributed by atoms with Crippen LogP contribution in [0.25, 0.3) is 0 Å². The molecule has 0 radical (unpaired) electrons. The molecule has 1 heterocycles. The molecule has 0 aromatic carbocycles. The van der Waals surface area contributed by atoms with E-state index in [1.54, 1.807) is 0 Å². The van der Waals surface area contributed by atoms with Crippen molar-refractivity contribution in [3.05, 3.63) is 0 Å². The van der Waals surface area contributed by atoms with Gasteiger partial charge >= 0.3 is 0 Å². The molecule has 1 aliphatic carbocycles. The molecule has 0 unspecified atom stereocenters. The van der Waals surface area contributed by atoms with Crippen LogP contribution in [-0.4, -0.2) is 37.5 Å². The second-order valence-electron chi connectivity index (χ2n) is 3.75. The van der Waals surface area contributed by atoms with E-state index in [1.807, 2.05) is 0 Å². The van der Waals surface area contributed by atoms with Crippen LogP contribution in [0, 0.1) is 5.41 Å². The highest BCUT2D eigenvalue weighted by molar-refractivity contribution is 4.96. The van der Waals surface area contributed by atoms with E-state index in [2.05, 4.69) is 5.32 Å². The van der Waals surface area contributed by atoms with Crippen molar-refractivity contribution >= 4 is 0 Å². The third-order valence-electron chi connectivity index (χ3n) is 2.66. The molecule has 2 aliphatic rings. The van der Waals surface area contributed by atoms with Gasteiger partial charge in [-0.1, -0.05) is 0 Å². The first-order valence-corrected chi connectivity index (χ1v) is 4.28. The van der Waals surface area contributed by atoms with Crippen LogP contribution in [0.5, 0.6) is 0 Å². The molecule has 1 atom stereocenters. The first-order chi connectivity index (χ1) is 5.35. The molecule has 0 bridgehead atoms. The van der Waals surface area contributed by atoms with E-state index in [9.17, 15) is 0 Å². The van der Waals surface area contributed by atoms with Gasteiger partial charge in [0.1, 0.15) is 0 Å². The average Bonchev–Trinajstić information content (AvgIpc) is 2.81. The monoisotopic (exact) mass is 157 g/mol. The minimum atomic E-state index is 0.0231. The predicted molar refractivity (Wildman–Crippen MR) is 41.4 cm³/mol. The standard InChI is InChI=1S/C8H15NO2/c10-4-7-3-9-5-8(1-2-8)6-11-7/h7,9-10H,1-6H2/t7-/m0/s1. The SMILES string of the molecule is OC[C@@H]1CNCC2(CC2)CO1. The van der Waals surface area contributed by atoms with Crippen LogP contribution < -0.4 is 5.32 Å². The Morgan fingerprint density at radius 1 is 1.55 bits per heavy atom. The lowest BCUT2D eigenvalue weighted by Crippen LogP contribution is -2.29. The van der Waals surface area contributed by atoms with Gasteiger partial charge in [0.15, 0.2) is 0 Å². The van der Waals surface area contributed by atoms with Gasteiger partial charge < -0.3 is 15.2 Å². The van der Waals surface area contributed by atoms with Crippen LogP contribution in [-0.2, 0) is 4.74 Å². The second kappa shape index (κ2) is 2.73. The van der Waals surface area contributed by atoms with Gasteiger partial charge in [0.05, 0.1) is 19.3 Å². The highest BCUT2D eigenvalue weighted by Crippen LogP contribution is 2.45. The van der Waals surface area contributed by atoms with Gasteiger partial charge in [0.25, 0.3) is 0 Å². The minimum Gasteiger partial charge on any atom is -0.394 e. The summed E-state index contributed by atoms with van der Waals surface area (Å²) < 4.78 is 5.52. The molecule has 0 aromatic rings. The van der Waals surface area contributed by atoms with Crippen LogP contribution >= 0.6 is 0 Å². The fourth-order valence-electron chi connectivity index (χ4n) is 1.52. The fraction of sp³-hybridized carbons (Fsp3) is 1.00. The van der Waals surface area contributed by atoms with Gasteiger partial charge in [-0.2, -0.15) is 0 Å². The third-order valence-corrected chi connectivity index (χ3v) is 2.66. The van der Waals surface area contributed by atoms with Gasteiger partial charge in [0.2, 0.25) is 0 Å². The smallest absolute Gasteiger partial charge is 0.0929 e. The van der Waals surface area contributed by atoms with Gasteiger partial charge in [-0.15, -0.1) is 0 Å². The van der Waals surface area contributed by atoms with Crippen molar-refractivity contribution in [1.29, 1.82) is 0 Å². The van der Waals surface area contributed by atoms with Gasteiger partial charge in [-0.05, 0) is 12.8 Å². The highest BCUT2D eigenvalue weighted by Gasteiger charge is 2.44. The summed E-state index contributed by atoms with van der Waals surface area (Å²) in [5.41, 5.74) is 0.448. The van der Waals surface area contributed by atoms with Crippen molar-refractivity contribution in [2.24, 2.45) is 5.41 Å². The Morgan fingerprint density at radius 3 is 3.00 bits per heavy atom. The number of nitrogens with one attached hydrogen (secondary N) is 1. The van der Waals surface area contributed by atoms with Crippen molar-refractivity contribution < 1.29 is 9.84 Å². The number of ether oxygens (including phenoxy) is 1. The van der Waals surface area contributed by atoms with Crippen molar-refractivity contribution in [3.8, 4) is 0 Å². The summed E-state index contributed by atoms with van der Waals surface area (Å²) >= 11 is 0. The van der Waals surface area contributed by atoms with E-state index in [4.69, 9.17) is 9.84 Å². The second-order valence-corrected chi connectivity index (χ2v) is 3.75. The Labute approximate surface area is 66.7 Å². The van der Waals surface area contributed by atoms with Crippen LogP contribution in [0.1, 0.15) is 12.8 Å². The largest absolute Gasteiger partial charge is 0.394 e. The Morgan fingerprint density at radius 2 is 2.36 bits per heavy atom. The van der Waals surface area contributed by atoms with Crippen molar-refractivity contribution in [2.75, 3.05) is 26.3 Å². The molecule has 0 amide bonds. The number of hydrogen-bond donors (Lipinski definition) is 2. The molecule has 1 spiro atoms. The first-order valence-electron chi connectivity index (χ1n) is 4.28. The summed E-state index contributed by atoms with van der Waals surface area (Å²) in [5.74, 6) is 0. The molecule has 1 aliphatic heterocycles. The van der Waals surface area contributed by atoms with Crippen LogP contribution in [0.2, 0.25) is 0 Å². The zero-order valence-corrected chi connectivity index (χ0v) is 6.68. The lowest BCUT2D eigenvalue weighted by Gasteiger charge is -2.12. The molecular weight excluding hydrogens is 142 g/mol. The molecule has 0 aromatic heterocycles. The lowest BCUT2D eigenvalue weighted by molar-refractivity contribution is 0.00833. The summed E-state index contributed by atoms with van der Waals surface area (Å²) in [6.45, 7) is 2.86. The van der Waals surface area contributed by atoms with E-state index in [0.29, 0.717) is 5.41 Å². The summed E-state index contributed by atoms with van der Waals surface area (Å²) in [6.07, 6.45) is 2.60. The van der Waals surface area contributed by atoms with Crippen molar-refractivity contribution in [3.63, 3.8) is 0 Å². The van der Waals surface area contributed by atoms with E-state index in [-0.39, 0.29) is 12.7 Å². The number of aliphatic hydroxyl groups excluding tert-OH is 1. The first kappa shape index (κ1) is 7.53. The predicted octanol–water partition coefficient (Wildman–Crippen LogP) is -0.253. The van der Waals surface area contributed by atoms with E-state index in [1.165, 1.54) is 12.8 Å². The summed E-state index contributed by atoms with van der Waals surface area (Å²) in [6, 6.07) is 0. The maximum Gasteiger partial charge on any atom is 0.0929 e. The molecule has 3 nitrogen and oxygen atoms in total. The zero-order chi connectivity index (χ0) is 7.73. The summed E-state index contributed by atoms with van der Waals surface area (Å²) in [4.78, 5) is 0. The zero-order valence-electron chi connectivity index (χ0n) is 6.68. The lowest BCUT2D eigenvalue weighted by atomic mass is 10.1. The molecule has 2 fully saturated rings. The van der Waals surface area contributed by atoms with Gasteiger partial charge in [-0.3, -0.25) is 0 Å². The Balaban J connectivity index is 1.87. The maximum absolute atomic E-state index is 8.84. The molecule has 64 valence electrons. The van der Waals surface area contributed by atoms with Crippen LogP contribution in [0.15, 0.2) is 0 Å². The summed E-state index contributed by atoms with van der Waals surface area (Å²) in [5, 5.41) is 12.2. The number of hydrogen-bond acceptors (Lipinski definition) is 3. The van der Waals surface area contributed by atoms with Crippen LogP contribution in [0.4, 0.5) is 0 Å². The molecule has 3 heteroatoms. The minimum absolute atomic E-state index is 0.0231. The van der Waals surface area contributed by atoms with Gasteiger partial charge in [-0.25, -0.2) is 0 Å². The molecule has 2 rings (SSSR count). The van der Waals surface area contributed by atoms with Crippen molar-refractivity contribution in [1.82, 2.24) is 5.32 Å². The van der Waals surface area contributed by atoms with E-state index >= 15 is 0 Å². The molecule has 2 N–H and O–H groups in total. The normalized spacial score (nSPS) is 35.2. The maximum atomic E-state index is 8.84. The average molecular weight is 157 g/mol. The Bertz CT molecular complexity index is 145. The third kappa shape index (κ3) is 1.55. The van der Waals surface area contributed by atoms with Crippen molar-refractivity contribution in [2.45, 2.75) is 18.9 Å².